The van der Waals surface area contributed by atoms with Gasteiger partial charge in [0.1, 0.15) is 16.5 Å². The molecule has 1 aliphatic rings. The number of carbonyl (C=O) groups is 3. The molecule has 1 aliphatic heterocycles. The van der Waals surface area contributed by atoms with Crippen LogP contribution in [-0.4, -0.2) is 77.9 Å². The Bertz CT molecular complexity index is 956. The van der Waals surface area contributed by atoms with Gasteiger partial charge in [0.15, 0.2) is 5.78 Å². The molecule has 0 bridgehead atoms. The Morgan fingerprint density at radius 3 is 2.58 bits per heavy atom. The second-order valence-corrected chi connectivity index (χ2v) is 10.6. The number of rotatable bonds is 14. The molecule has 1 fully saturated rings. The number of nitrogens with zero attached hydrogens (tertiary/aromatic N) is 3. The minimum atomic E-state index is -0.972. The smallest absolute Gasteiger partial charge is 0.238 e. The molecule has 2 rings (SSSR count). The van der Waals surface area contributed by atoms with Crippen molar-refractivity contribution in [3.05, 3.63) is 24.3 Å². The van der Waals surface area contributed by atoms with Gasteiger partial charge in [-0.05, 0) is 51.1 Å². The molecule has 0 radical (unpaired) electrons. The Morgan fingerprint density at radius 1 is 1.28 bits per heavy atom. The number of benzene rings is 1. The molecular formula is C26H38FN5O3S. The van der Waals surface area contributed by atoms with E-state index in [4.69, 9.17) is 0 Å². The van der Waals surface area contributed by atoms with Crippen molar-refractivity contribution in [3.63, 3.8) is 0 Å². The molecule has 4 unspecified atom stereocenters. The summed E-state index contributed by atoms with van der Waals surface area (Å²) in [6, 6.07) is 9.39. The third kappa shape index (κ3) is 7.68. The monoisotopic (exact) mass is 519 g/mol. The lowest BCUT2D eigenvalue weighted by Gasteiger charge is -2.28. The number of nitrogens with one attached hydrogen (secondary N) is 2. The predicted molar refractivity (Wildman–Crippen MR) is 142 cm³/mol. The zero-order valence-corrected chi connectivity index (χ0v) is 22.6. The van der Waals surface area contributed by atoms with Crippen LogP contribution >= 0.6 is 11.8 Å². The summed E-state index contributed by atoms with van der Waals surface area (Å²) in [7, 11) is 1.87. The number of amides is 2. The number of carbonyl (C=O) groups excluding carboxylic acids is 3. The van der Waals surface area contributed by atoms with E-state index in [0.717, 1.165) is 12.2 Å². The molecule has 0 saturated carbocycles. The van der Waals surface area contributed by atoms with E-state index in [2.05, 4.69) is 16.7 Å². The van der Waals surface area contributed by atoms with Crippen molar-refractivity contribution in [2.24, 2.45) is 17.8 Å². The SMILES string of the molecule is CCN(C)CC(=O)Nc1cccc(NCC2SC(C(C#N)C(=O)C(C)[C@H](C)CCF)N(CC)C2=O)c1. The molecule has 8 nitrogen and oxygen atoms in total. The van der Waals surface area contributed by atoms with Gasteiger partial charge in [-0.3, -0.25) is 23.7 Å². The van der Waals surface area contributed by atoms with E-state index in [1.165, 1.54) is 11.8 Å². The van der Waals surface area contributed by atoms with E-state index in [1.807, 2.05) is 44.9 Å². The van der Waals surface area contributed by atoms with Crippen molar-refractivity contribution < 1.29 is 18.8 Å². The minimum Gasteiger partial charge on any atom is -0.383 e. The molecule has 1 aromatic carbocycles. The summed E-state index contributed by atoms with van der Waals surface area (Å²) in [6.45, 7) is 8.60. The van der Waals surface area contributed by atoms with E-state index in [-0.39, 0.29) is 29.9 Å². The van der Waals surface area contributed by atoms with Crippen LogP contribution < -0.4 is 10.6 Å². The zero-order chi connectivity index (χ0) is 26.8. The molecular weight excluding hydrogens is 481 g/mol. The average molecular weight is 520 g/mol. The summed E-state index contributed by atoms with van der Waals surface area (Å²) in [5, 5.41) is 14.9. The predicted octanol–water partition coefficient (Wildman–Crippen LogP) is 3.62. The highest BCUT2D eigenvalue weighted by molar-refractivity contribution is 8.01. The van der Waals surface area contributed by atoms with Gasteiger partial charge in [0.2, 0.25) is 11.8 Å². The van der Waals surface area contributed by atoms with Crippen molar-refractivity contribution in [1.29, 1.82) is 5.26 Å². The average Bonchev–Trinajstić information content (AvgIpc) is 3.17. The molecule has 5 atom stereocenters. The van der Waals surface area contributed by atoms with Crippen molar-refractivity contribution in [2.45, 2.75) is 44.7 Å². The van der Waals surface area contributed by atoms with Crippen molar-refractivity contribution in [1.82, 2.24) is 9.80 Å². The van der Waals surface area contributed by atoms with Gasteiger partial charge in [-0.15, -0.1) is 11.8 Å². The lowest BCUT2D eigenvalue weighted by Crippen LogP contribution is -2.42. The Morgan fingerprint density at radius 2 is 1.97 bits per heavy atom. The van der Waals surface area contributed by atoms with Crippen LogP contribution in [0.1, 0.15) is 34.1 Å². The molecule has 2 N–H and O–H groups in total. The number of likely N-dealkylation sites (N-methyl/N-ethyl adjacent to an activating group) is 1. The fourth-order valence-electron chi connectivity index (χ4n) is 4.07. The van der Waals surface area contributed by atoms with E-state index in [1.54, 1.807) is 24.0 Å². The van der Waals surface area contributed by atoms with Crippen molar-refractivity contribution in [3.8, 4) is 6.07 Å². The van der Waals surface area contributed by atoms with E-state index >= 15 is 0 Å². The van der Waals surface area contributed by atoms with Gasteiger partial charge in [0.05, 0.1) is 19.3 Å². The van der Waals surface area contributed by atoms with Gasteiger partial charge in [-0.1, -0.05) is 26.8 Å². The minimum absolute atomic E-state index is 0.110. The van der Waals surface area contributed by atoms with Gasteiger partial charge in [-0.2, -0.15) is 5.26 Å². The second kappa shape index (κ2) is 14.2. The van der Waals surface area contributed by atoms with E-state index in [0.29, 0.717) is 25.3 Å². The Hall–Kier alpha value is -2.64. The fraction of sp³-hybridized carbons (Fsp3) is 0.615. The quantitative estimate of drug-likeness (QED) is 0.387. The Balaban J connectivity index is 2.06. The number of halogens is 1. The van der Waals surface area contributed by atoms with Crippen LogP contribution in [0.25, 0.3) is 0 Å². The largest absolute Gasteiger partial charge is 0.383 e. The second-order valence-electron chi connectivity index (χ2n) is 9.23. The molecule has 36 heavy (non-hydrogen) atoms. The lowest BCUT2D eigenvalue weighted by molar-refractivity contribution is -0.132. The molecule has 0 aromatic heterocycles. The number of hydrogen-bond donors (Lipinski definition) is 2. The van der Waals surface area contributed by atoms with Crippen molar-refractivity contribution in [2.75, 3.05) is 50.5 Å². The van der Waals surface area contributed by atoms with Gasteiger partial charge in [-0.25, -0.2) is 0 Å². The molecule has 2 amide bonds. The highest BCUT2D eigenvalue weighted by atomic mass is 32.2. The number of ketones is 1. The number of alkyl halides is 1. The summed E-state index contributed by atoms with van der Waals surface area (Å²) in [6.07, 6.45) is 0.265. The molecule has 0 spiro atoms. The topological polar surface area (TPSA) is 106 Å². The molecule has 1 saturated heterocycles. The summed E-state index contributed by atoms with van der Waals surface area (Å²) in [5.41, 5.74) is 1.40. The third-order valence-corrected chi connectivity index (χ3v) is 8.20. The zero-order valence-electron chi connectivity index (χ0n) is 21.8. The van der Waals surface area contributed by atoms with Crippen LogP contribution in [0, 0.1) is 29.1 Å². The summed E-state index contributed by atoms with van der Waals surface area (Å²) >= 11 is 1.32. The molecule has 1 heterocycles. The Labute approximate surface area is 218 Å². The third-order valence-electron chi connectivity index (χ3n) is 6.70. The maximum Gasteiger partial charge on any atom is 0.238 e. The first-order chi connectivity index (χ1) is 17.2. The van der Waals surface area contributed by atoms with Crippen LogP contribution in [0.4, 0.5) is 15.8 Å². The summed E-state index contributed by atoms with van der Waals surface area (Å²) in [4.78, 5) is 41.9. The lowest BCUT2D eigenvalue weighted by atomic mass is 9.84. The fourth-order valence-corrected chi connectivity index (χ4v) is 5.59. The van der Waals surface area contributed by atoms with Gasteiger partial charge >= 0.3 is 0 Å². The summed E-state index contributed by atoms with van der Waals surface area (Å²) in [5.74, 6) is -2.09. The maximum atomic E-state index is 13.1. The molecule has 198 valence electrons. The maximum absolute atomic E-state index is 13.1. The van der Waals surface area contributed by atoms with Crippen LogP contribution in [0.5, 0.6) is 0 Å². The molecule has 10 heteroatoms. The van der Waals surface area contributed by atoms with Crippen LogP contribution in [0.3, 0.4) is 0 Å². The van der Waals surface area contributed by atoms with Gasteiger partial charge in [0.25, 0.3) is 0 Å². The normalized spacial score (nSPS) is 20.1. The van der Waals surface area contributed by atoms with Gasteiger partial charge in [0, 0.05) is 30.4 Å². The highest BCUT2D eigenvalue weighted by Gasteiger charge is 2.46. The van der Waals surface area contributed by atoms with Crippen molar-refractivity contribution >= 4 is 40.7 Å². The molecule has 0 aliphatic carbocycles. The first-order valence-electron chi connectivity index (χ1n) is 12.4. The summed E-state index contributed by atoms with van der Waals surface area (Å²) < 4.78 is 12.8. The van der Waals surface area contributed by atoms with Crippen LogP contribution in [0.2, 0.25) is 0 Å². The van der Waals surface area contributed by atoms with Crippen LogP contribution in [0.15, 0.2) is 24.3 Å². The first-order valence-corrected chi connectivity index (χ1v) is 13.4. The highest BCUT2D eigenvalue weighted by Crippen LogP contribution is 2.38. The number of nitriles is 1. The van der Waals surface area contributed by atoms with Gasteiger partial charge < -0.3 is 15.5 Å². The Kier molecular flexibility index (Phi) is 11.7. The standard InChI is InChI=1S/C26H38FN5O3S/c1-6-31(5)16-23(33)30-20-10-8-9-19(13-20)29-15-22-25(35)32(7-2)26(36-22)21(14-28)24(34)18(4)17(3)11-12-27/h8-10,13,17-18,21-22,26,29H,6-7,11-12,15-16H2,1-5H3,(H,30,33)/t17-,18?,21?,22?,26?/m1/s1. The van der Waals surface area contributed by atoms with E-state index < -0.39 is 29.1 Å². The molecule has 1 aromatic rings. The van der Waals surface area contributed by atoms with Crippen LogP contribution in [-0.2, 0) is 14.4 Å². The first kappa shape index (κ1) is 29.6. The number of anilines is 2. The van der Waals surface area contributed by atoms with E-state index in [9.17, 15) is 24.0 Å². The number of thioether (sulfide) groups is 1. The number of Topliss-reactive ketones (excluding diaryl/α,β-unsaturated/α-hetero) is 1. The number of hydrogen-bond acceptors (Lipinski definition) is 7.